The molecule has 5 nitrogen and oxygen atoms in total. The molecule has 0 aliphatic rings. The van der Waals surface area contributed by atoms with Gasteiger partial charge in [-0.2, -0.15) is 0 Å². The van der Waals surface area contributed by atoms with E-state index in [9.17, 15) is 0 Å². The van der Waals surface area contributed by atoms with Gasteiger partial charge in [0.15, 0.2) is 0 Å². The summed E-state index contributed by atoms with van der Waals surface area (Å²) in [6.07, 6.45) is 7.05. The highest BCUT2D eigenvalue weighted by molar-refractivity contribution is 5.64. The van der Waals surface area contributed by atoms with E-state index in [1.165, 1.54) is 0 Å². The molecule has 0 fully saturated rings. The molecule has 0 saturated heterocycles. The quantitative estimate of drug-likeness (QED) is 0.758. The number of hydrogen-bond acceptors (Lipinski definition) is 4. The monoisotopic (exact) mass is 251 g/mol. The van der Waals surface area contributed by atoms with Crippen LogP contribution in [-0.4, -0.2) is 19.5 Å². The molecule has 0 atom stereocenters. The largest absolute Gasteiger partial charge is 0.384 e. The van der Waals surface area contributed by atoms with Crippen LogP contribution in [0.2, 0.25) is 0 Å². The summed E-state index contributed by atoms with van der Waals surface area (Å²) >= 11 is 0. The normalized spacial score (nSPS) is 10.6. The van der Waals surface area contributed by atoms with Gasteiger partial charge in [-0.15, -0.1) is 0 Å². The van der Waals surface area contributed by atoms with Gasteiger partial charge in [-0.05, 0) is 31.2 Å². The van der Waals surface area contributed by atoms with Crippen molar-refractivity contribution < 1.29 is 0 Å². The fourth-order valence-corrected chi connectivity index (χ4v) is 2.04. The summed E-state index contributed by atoms with van der Waals surface area (Å²) in [6, 6.07) is 7.67. The van der Waals surface area contributed by atoms with Crippen LogP contribution in [0.4, 0.5) is 5.82 Å². The molecule has 3 aromatic heterocycles. The van der Waals surface area contributed by atoms with Crippen LogP contribution in [0.15, 0.2) is 49.2 Å². The number of imidazole rings is 1. The molecular weight excluding hydrogens is 238 g/mol. The van der Waals surface area contributed by atoms with Gasteiger partial charge >= 0.3 is 0 Å². The Balaban J connectivity index is 2.16. The highest BCUT2D eigenvalue weighted by Gasteiger charge is 2.09. The van der Waals surface area contributed by atoms with Gasteiger partial charge < -0.3 is 5.73 Å². The van der Waals surface area contributed by atoms with Crippen LogP contribution in [0, 0.1) is 6.92 Å². The average molecular weight is 251 g/mol. The van der Waals surface area contributed by atoms with Crippen molar-refractivity contribution in [2.24, 2.45) is 0 Å². The summed E-state index contributed by atoms with van der Waals surface area (Å²) in [5.74, 6) is 0.494. The minimum Gasteiger partial charge on any atom is -0.384 e. The zero-order valence-electron chi connectivity index (χ0n) is 10.5. The molecule has 0 bridgehead atoms. The van der Waals surface area contributed by atoms with E-state index in [2.05, 4.69) is 15.0 Å². The summed E-state index contributed by atoms with van der Waals surface area (Å²) in [7, 11) is 0. The smallest absolute Gasteiger partial charge is 0.123 e. The first-order valence-corrected chi connectivity index (χ1v) is 5.92. The lowest BCUT2D eigenvalue weighted by atomic mass is 10.2. The van der Waals surface area contributed by atoms with Gasteiger partial charge in [-0.1, -0.05) is 0 Å². The number of rotatable bonds is 2. The summed E-state index contributed by atoms with van der Waals surface area (Å²) in [5.41, 5.74) is 9.63. The molecule has 0 radical (unpaired) electrons. The van der Waals surface area contributed by atoms with Crippen molar-refractivity contribution >= 4 is 5.82 Å². The maximum atomic E-state index is 5.73. The van der Waals surface area contributed by atoms with Crippen LogP contribution >= 0.6 is 0 Å². The molecule has 0 aromatic carbocycles. The van der Waals surface area contributed by atoms with Crippen molar-refractivity contribution in [3.8, 4) is 16.9 Å². The highest BCUT2D eigenvalue weighted by Crippen LogP contribution is 2.24. The molecule has 0 unspecified atom stereocenters. The predicted octanol–water partition coefficient (Wildman–Crippen LogP) is 2.22. The lowest BCUT2D eigenvalue weighted by molar-refractivity contribution is 1.01. The molecule has 0 spiro atoms. The first-order chi connectivity index (χ1) is 9.25. The lowest BCUT2D eigenvalue weighted by Crippen LogP contribution is -2.00. The molecule has 5 heteroatoms. The Hall–Kier alpha value is -2.69. The minimum atomic E-state index is 0.494. The van der Waals surface area contributed by atoms with Crippen molar-refractivity contribution in [3.63, 3.8) is 0 Å². The molecule has 3 heterocycles. The van der Waals surface area contributed by atoms with Gasteiger partial charge in [0.25, 0.3) is 0 Å². The number of aromatic nitrogens is 4. The molecule has 2 N–H and O–H groups in total. The van der Waals surface area contributed by atoms with Crippen molar-refractivity contribution in [3.05, 3.63) is 54.9 Å². The third kappa shape index (κ3) is 2.06. The van der Waals surface area contributed by atoms with E-state index in [1.807, 2.05) is 35.8 Å². The van der Waals surface area contributed by atoms with Gasteiger partial charge in [0.05, 0.1) is 29.6 Å². The Labute approximate surface area is 110 Å². The Morgan fingerprint density at radius 1 is 1.16 bits per heavy atom. The number of nitrogens with two attached hydrogens (primary N) is 1. The summed E-state index contributed by atoms with van der Waals surface area (Å²) in [5, 5.41) is 0. The maximum Gasteiger partial charge on any atom is 0.123 e. The summed E-state index contributed by atoms with van der Waals surface area (Å²) in [4.78, 5) is 12.5. The van der Waals surface area contributed by atoms with Gasteiger partial charge in [0.2, 0.25) is 0 Å². The van der Waals surface area contributed by atoms with Gasteiger partial charge in [-0.25, -0.2) is 9.97 Å². The van der Waals surface area contributed by atoms with Gasteiger partial charge in [-0.3, -0.25) is 9.55 Å². The van der Waals surface area contributed by atoms with Crippen LogP contribution in [-0.2, 0) is 0 Å². The second-order valence-electron chi connectivity index (χ2n) is 4.23. The average Bonchev–Trinajstić information content (AvgIpc) is 2.88. The van der Waals surface area contributed by atoms with E-state index in [1.54, 1.807) is 24.9 Å². The topological polar surface area (TPSA) is 69.6 Å². The third-order valence-electron chi connectivity index (χ3n) is 2.95. The second-order valence-corrected chi connectivity index (χ2v) is 4.23. The van der Waals surface area contributed by atoms with Crippen molar-refractivity contribution in [2.45, 2.75) is 6.92 Å². The van der Waals surface area contributed by atoms with Crippen molar-refractivity contribution in [1.29, 1.82) is 0 Å². The number of nitrogens with zero attached hydrogens (tertiary/aromatic N) is 4. The van der Waals surface area contributed by atoms with Crippen LogP contribution in [0.5, 0.6) is 0 Å². The highest BCUT2D eigenvalue weighted by atomic mass is 15.1. The number of pyridine rings is 2. The maximum absolute atomic E-state index is 5.73. The summed E-state index contributed by atoms with van der Waals surface area (Å²) < 4.78 is 2.00. The molecule has 0 aliphatic heterocycles. The molecule has 19 heavy (non-hydrogen) atoms. The van der Waals surface area contributed by atoms with Crippen LogP contribution < -0.4 is 5.73 Å². The standard InChI is InChI=1S/C14H13N5/c1-10-12(3-2-5-17-10)19-9-16-8-13(19)11-4-6-18-14(15)7-11/h2-9H,1H3,(H2,15,18). The SMILES string of the molecule is Cc1ncccc1-n1cncc1-c1ccnc(N)c1. The molecule has 0 saturated carbocycles. The lowest BCUT2D eigenvalue weighted by Gasteiger charge is -2.10. The van der Waals surface area contributed by atoms with E-state index in [0.717, 1.165) is 22.6 Å². The minimum absolute atomic E-state index is 0.494. The summed E-state index contributed by atoms with van der Waals surface area (Å²) in [6.45, 7) is 1.97. The molecular formula is C14H13N5. The molecule has 3 aromatic rings. The number of aryl methyl sites for hydroxylation is 1. The Morgan fingerprint density at radius 3 is 2.84 bits per heavy atom. The second kappa shape index (κ2) is 4.53. The molecule has 3 rings (SSSR count). The van der Waals surface area contributed by atoms with Crippen LogP contribution in [0.25, 0.3) is 16.9 Å². The Morgan fingerprint density at radius 2 is 2.05 bits per heavy atom. The predicted molar refractivity (Wildman–Crippen MR) is 73.7 cm³/mol. The van der Waals surface area contributed by atoms with E-state index < -0.39 is 0 Å². The number of nitrogen functional groups attached to an aromatic ring is 1. The van der Waals surface area contributed by atoms with E-state index >= 15 is 0 Å². The number of hydrogen-bond donors (Lipinski definition) is 1. The number of anilines is 1. The van der Waals surface area contributed by atoms with Crippen LogP contribution in [0.3, 0.4) is 0 Å². The van der Waals surface area contributed by atoms with Gasteiger partial charge in [0, 0.05) is 18.0 Å². The van der Waals surface area contributed by atoms with Crippen molar-refractivity contribution in [2.75, 3.05) is 5.73 Å². The Kier molecular flexibility index (Phi) is 2.72. The van der Waals surface area contributed by atoms with E-state index in [4.69, 9.17) is 5.73 Å². The van der Waals surface area contributed by atoms with E-state index in [0.29, 0.717) is 5.82 Å². The molecule has 0 aliphatic carbocycles. The fourth-order valence-electron chi connectivity index (χ4n) is 2.04. The van der Waals surface area contributed by atoms with E-state index in [-0.39, 0.29) is 0 Å². The molecule has 94 valence electrons. The molecule has 0 amide bonds. The first-order valence-electron chi connectivity index (χ1n) is 5.92. The third-order valence-corrected chi connectivity index (χ3v) is 2.95. The van der Waals surface area contributed by atoms with Gasteiger partial charge in [0.1, 0.15) is 5.82 Å². The first kappa shape index (κ1) is 11.4. The van der Waals surface area contributed by atoms with Crippen LogP contribution in [0.1, 0.15) is 5.69 Å². The fraction of sp³-hybridized carbons (Fsp3) is 0.0714. The van der Waals surface area contributed by atoms with Crippen molar-refractivity contribution in [1.82, 2.24) is 19.5 Å². The zero-order chi connectivity index (χ0) is 13.2. The Bertz CT molecular complexity index is 717. The zero-order valence-corrected chi connectivity index (χ0v) is 10.5.